The molecule has 10 nitrogen and oxygen atoms in total. The van der Waals surface area contributed by atoms with Crippen LogP contribution in [0.2, 0.25) is 0 Å². The van der Waals surface area contributed by atoms with Crippen LogP contribution in [0.15, 0.2) is 79.3 Å². The van der Waals surface area contributed by atoms with Gasteiger partial charge in [0.1, 0.15) is 0 Å². The van der Waals surface area contributed by atoms with Gasteiger partial charge in [0.25, 0.3) is 5.91 Å². The first-order valence-corrected chi connectivity index (χ1v) is 13.5. The van der Waals surface area contributed by atoms with Crippen LogP contribution < -0.4 is 15.5 Å². The van der Waals surface area contributed by atoms with E-state index in [0.29, 0.717) is 30.3 Å². The van der Waals surface area contributed by atoms with Crippen molar-refractivity contribution in [2.75, 3.05) is 55.4 Å². The van der Waals surface area contributed by atoms with Gasteiger partial charge in [-0.3, -0.25) is 14.6 Å². The van der Waals surface area contributed by atoms with E-state index in [4.69, 9.17) is 0 Å². The molecule has 0 spiro atoms. The fourth-order valence-corrected chi connectivity index (χ4v) is 4.16. The molecule has 4 aromatic rings. The van der Waals surface area contributed by atoms with Crippen molar-refractivity contribution >= 4 is 35.3 Å². The van der Waals surface area contributed by atoms with Gasteiger partial charge in [-0.1, -0.05) is 6.07 Å². The van der Waals surface area contributed by atoms with Crippen LogP contribution >= 0.6 is 0 Å². The molecule has 5 rings (SSSR count). The summed E-state index contributed by atoms with van der Waals surface area (Å²) in [6, 6.07) is 18.9. The van der Waals surface area contributed by atoms with E-state index in [1.54, 1.807) is 42.7 Å². The third kappa shape index (κ3) is 8.09. The zero-order valence-corrected chi connectivity index (χ0v) is 23.6. The molecule has 0 radical (unpaired) electrons. The van der Waals surface area contributed by atoms with Gasteiger partial charge in [-0.25, -0.2) is 9.97 Å². The van der Waals surface area contributed by atoms with E-state index in [2.05, 4.69) is 35.2 Å². The maximum Gasteiger partial charge on any atom is 0.255 e. The van der Waals surface area contributed by atoms with E-state index < -0.39 is 0 Å². The van der Waals surface area contributed by atoms with Crippen LogP contribution in [-0.4, -0.2) is 72.1 Å². The van der Waals surface area contributed by atoms with Gasteiger partial charge in [-0.05, 0) is 74.0 Å². The first-order chi connectivity index (χ1) is 20.0. The number of nitrogens with one attached hydrogen (secondary N) is 2. The van der Waals surface area contributed by atoms with Crippen LogP contribution in [0, 0.1) is 6.92 Å². The highest BCUT2D eigenvalue weighted by Gasteiger charge is 2.16. The average Bonchev–Trinajstić information content (AvgIpc) is 3.03. The largest absolute Gasteiger partial charge is 0.385 e. The number of benzene rings is 2. The summed E-state index contributed by atoms with van der Waals surface area (Å²) in [5, 5.41) is 6.21. The van der Waals surface area contributed by atoms with E-state index >= 15 is 0 Å². The molecular formula is C31H35N7O3. The summed E-state index contributed by atoms with van der Waals surface area (Å²) in [7, 11) is 1.68. The molecule has 1 saturated heterocycles. The molecule has 0 unspecified atom stereocenters. The van der Waals surface area contributed by atoms with Crippen molar-refractivity contribution in [2.45, 2.75) is 13.8 Å². The minimum Gasteiger partial charge on any atom is -0.385 e. The number of carbonyl (C=O) groups excluding carboxylic acids is 2. The predicted molar refractivity (Wildman–Crippen MR) is 162 cm³/mol. The molecule has 41 heavy (non-hydrogen) atoms. The number of methoxy groups -OCH3 is 1. The molecule has 212 valence electrons. The maximum atomic E-state index is 13.0. The van der Waals surface area contributed by atoms with Gasteiger partial charge in [0.05, 0.1) is 5.69 Å². The Kier molecular flexibility index (Phi) is 10.3. The van der Waals surface area contributed by atoms with Crippen molar-refractivity contribution in [3.8, 4) is 11.3 Å². The van der Waals surface area contributed by atoms with Gasteiger partial charge in [-0.15, -0.1) is 0 Å². The highest BCUT2D eigenvalue weighted by atomic mass is 16.5. The Bertz CT molecular complexity index is 1420. The summed E-state index contributed by atoms with van der Waals surface area (Å²) in [6.07, 6.45) is 6.06. The van der Waals surface area contributed by atoms with E-state index in [1.807, 2.05) is 62.4 Å². The minimum atomic E-state index is -0.208. The first kappa shape index (κ1) is 29.2. The lowest BCUT2D eigenvalue weighted by atomic mass is 10.1. The van der Waals surface area contributed by atoms with Gasteiger partial charge in [0.15, 0.2) is 0 Å². The van der Waals surface area contributed by atoms with Crippen molar-refractivity contribution in [1.29, 1.82) is 0 Å². The second-order valence-corrected chi connectivity index (χ2v) is 9.37. The minimum absolute atomic E-state index is 0.208. The lowest BCUT2D eigenvalue weighted by Crippen LogP contribution is -2.45. The summed E-state index contributed by atoms with van der Waals surface area (Å²) >= 11 is 0. The average molecular weight is 554 g/mol. The van der Waals surface area contributed by atoms with Gasteiger partial charge in [0.2, 0.25) is 12.4 Å². The number of aryl methyl sites for hydroxylation is 1. The second kappa shape index (κ2) is 14.5. The fraction of sp³-hybridized carbons (Fsp3) is 0.258. The topological polar surface area (TPSA) is 113 Å². The number of carbonyl (C=O) groups is 2. The van der Waals surface area contributed by atoms with E-state index in [-0.39, 0.29) is 5.91 Å². The van der Waals surface area contributed by atoms with Gasteiger partial charge < -0.3 is 25.2 Å². The maximum absolute atomic E-state index is 13.0. The number of ether oxygens (including phenoxy) is 1. The SMILES string of the molecule is CCOC.Cc1ccc(C(=O)Nc2ccc(N3CCN(C=O)CC3)cc2)cc1Nc1nccc(-c2cccnc2)n1. The van der Waals surface area contributed by atoms with E-state index in [1.165, 1.54) is 0 Å². The molecule has 2 amide bonds. The van der Waals surface area contributed by atoms with Crippen LogP contribution in [0.5, 0.6) is 0 Å². The lowest BCUT2D eigenvalue weighted by Gasteiger charge is -2.34. The van der Waals surface area contributed by atoms with Gasteiger partial charge in [0, 0.05) is 86.7 Å². The molecule has 0 bridgehead atoms. The number of amides is 2. The zero-order chi connectivity index (χ0) is 29.0. The summed E-state index contributed by atoms with van der Waals surface area (Å²) in [5.41, 5.74) is 5.66. The Hall–Kier alpha value is -4.83. The van der Waals surface area contributed by atoms with Crippen LogP contribution in [0.4, 0.5) is 23.0 Å². The van der Waals surface area contributed by atoms with Crippen molar-refractivity contribution < 1.29 is 14.3 Å². The smallest absolute Gasteiger partial charge is 0.255 e. The summed E-state index contributed by atoms with van der Waals surface area (Å²) in [6.45, 7) is 7.74. The van der Waals surface area contributed by atoms with Crippen LogP contribution in [-0.2, 0) is 9.53 Å². The third-order valence-corrected chi connectivity index (χ3v) is 6.60. The number of aromatic nitrogens is 3. The Morgan fingerprint density at radius 2 is 1.78 bits per heavy atom. The monoisotopic (exact) mass is 553 g/mol. The molecule has 2 N–H and O–H groups in total. The Balaban J connectivity index is 0.000000909. The number of rotatable bonds is 8. The van der Waals surface area contributed by atoms with Crippen molar-refractivity contribution in [3.63, 3.8) is 0 Å². The number of nitrogens with zero attached hydrogens (tertiary/aromatic N) is 5. The molecule has 1 aliphatic rings. The van der Waals surface area contributed by atoms with E-state index in [9.17, 15) is 9.59 Å². The predicted octanol–water partition coefficient (Wildman–Crippen LogP) is 4.77. The van der Waals surface area contributed by atoms with Gasteiger partial charge >= 0.3 is 0 Å². The molecular weight excluding hydrogens is 518 g/mol. The normalized spacial score (nSPS) is 12.7. The molecule has 2 aromatic heterocycles. The third-order valence-electron chi connectivity index (χ3n) is 6.60. The first-order valence-electron chi connectivity index (χ1n) is 13.5. The summed E-state index contributed by atoms with van der Waals surface area (Å²) < 4.78 is 4.54. The van der Waals surface area contributed by atoms with Crippen LogP contribution in [0.1, 0.15) is 22.8 Å². The molecule has 10 heteroatoms. The molecule has 2 aromatic carbocycles. The Morgan fingerprint density at radius 3 is 2.44 bits per heavy atom. The summed E-state index contributed by atoms with van der Waals surface area (Å²) in [4.78, 5) is 41.0. The number of pyridine rings is 1. The second-order valence-electron chi connectivity index (χ2n) is 9.37. The lowest BCUT2D eigenvalue weighted by molar-refractivity contribution is -0.118. The quantitative estimate of drug-likeness (QED) is 0.300. The molecule has 1 fully saturated rings. The Morgan fingerprint density at radius 1 is 1.02 bits per heavy atom. The molecule has 0 atom stereocenters. The van der Waals surface area contributed by atoms with Crippen LogP contribution in [0.3, 0.4) is 0 Å². The van der Waals surface area contributed by atoms with Gasteiger partial charge in [-0.2, -0.15) is 0 Å². The molecule has 1 aliphatic heterocycles. The number of hydrogen-bond acceptors (Lipinski definition) is 8. The molecule has 3 heterocycles. The summed E-state index contributed by atoms with van der Waals surface area (Å²) in [5.74, 6) is 0.229. The number of anilines is 4. The highest BCUT2D eigenvalue weighted by molar-refractivity contribution is 6.05. The number of piperazine rings is 1. The molecule has 0 saturated carbocycles. The number of hydrogen-bond donors (Lipinski definition) is 2. The van der Waals surface area contributed by atoms with Crippen molar-refractivity contribution in [3.05, 3.63) is 90.4 Å². The van der Waals surface area contributed by atoms with Crippen molar-refractivity contribution in [2.24, 2.45) is 0 Å². The Labute approximate surface area is 240 Å². The fourth-order valence-electron chi connectivity index (χ4n) is 4.16. The zero-order valence-electron chi connectivity index (χ0n) is 23.6. The van der Waals surface area contributed by atoms with Crippen molar-refractivity contribution in [1.82, 2.24) is 19.9 Å². The standard InChI is InChI=1S/C28H27N7O2.C3H8O/c1-20-4-5-21(17-26(20)33-28-30-12-10-25(32-28)22-3-2-11-29-18-22)27(37)31-23-6-8-24(9-7-23)35-15-13-34(19-36)14-16-35;1-3-4-2/h2-12,17-19H,13-16H2,1H3,(H,31,37)(H,30,32,33);3H2,1-2H3. The highest BCUT2D eigenvalue weighted by Crippen LogP contribution is 2.24. The van der Waals surface area contributed by atoms with E-state index in [0.717, 1.165) is 54.3 Å². The van der Waals surface area contributed by atoms with Crippen LogP contribution in [0.25, 0.3) is 11.3 Å². The molecule has 0 aliphatic carbocycles.